The van der Waals surface area contributed by atoms with E-state index in [-0.39, 0.29) is 23.6 Å². The van der Waals surface area contributed by atoms with Crippen LogP contribution in [-0.2, 0) is 16.1 Å². The van der Waals surface area contributed by atoms with Crippen molar-refractivity contribution in [3.05, 3.63) is 99.8 Å². The Bertz CT molecular complexity index is 1250. The smallest absolute Gasteiger partial charge is 0.341 e. The highest BCUT2D eigenvalue weighted by Crippen LogP contribution is 2.52. The summed E-state index contributed by atoms with van der Waals surface area (Å²) in [6.45, 7) is -0.0972. The lowest BCUT2D eigenvalue weighted by molar-refractivity contribution is -0.139. The van der Waals surface area contributed by atoms with Gasteiger partial charge in [0.05, 0.1) is 6.04 Å². The number of hydrogen-bond acceptors (Lipinski definition) is 3. The van der Waals surface area contributed by atoms with Crippen LogP contribution in [0.5, 0.6) is 5.75 Å². The first-order valence-electron chi connectivity index (χ1n) is 10.7. The number of fused-ring (bicyclic) bond motifs is 1. The number of aliphatic carboxylic acids is 1. The summed E-state index contributed by atoms with van der Waals surface area (Å²) in [4.78, 5) is 26.5. The molecule has 1 aliphatic carbocycles. The molecular formula is C26H21ClFNO4. The van der Waals surface area contributed by atoms with Gasteiger partial charge in [-0.15, -0.1) is 0 Å². The average molecular weight is 466 g/mol. The fourth-order valence-corrected chi connectivity index (χ4v) is 4.91. The Morgan fingerprint density at radius 2 is 1.76 bits per heavy atom. The van der Waals surface area contributed by atoms with Gasteiger partial charge in [-0.25, -0.2) is 9.18 Å². The van der Waals surface area contributed by atoms with Crippen LogP contribution in [0.2, 0.25) is 5.02 Å². The summed E-state index contributed by atoms with van der Waals surface area (Å²) in [6, 6.07) is 18.8. The highest BCUT2D eigenvalue weighted by Gasteiger charge is 2.49. The molecule has 1 heterocycles. The van der Waals surface area contributed by atoms with Gasteiger partial charge in [0.2, 0.25) is 5.91 Å². The van der Waals surface area contributed by atoms with E-state index in [1.54, 1.807) is 41.3 Å². The second-order valence-electron chi connectivity index (χ2n) is 8.40. The first-order chi connectivity index (χ1) is 15.9. The number of benzene rings is 3. The van der Waals surface area contributed by atoms with Gasteiger partial charge < -0.3 is 14.7 Å². The van der Waals surface area contributed by atoms with E-state index in [9.17, 15) is 14.0 Å². The van der Waals surface area contributed by atoms with Crippen molar-refractivity contribution in [1.29, 1.82) is 0 Å². The lowest BCUT2D eigenvalue weighted by atomic mass is 9.97. The van der Waals surface area contributed by atoms with Crippen molar-refractivity contribution in [3.8, 4) is 5.75 Å². The largest absolute Gasteiger partial charge is 0.482 e. The van der Waals surface area contributed by atoms with Crippen LogP contribution in [0.25, 0.3) is 0 Å². The Morgan fingerprint density at radius 3 is 2.52 bits per heavy atom. The fraction of sp³-hybridized carbons (Fsp3) is 0.231. The van der Waals surface area contributed by atoms with Gasteiger partial charge in [0, 0.05) is 23.0 Å². The normalized spacial score (nSPS) is 20.9. The highest BCUT2D eigenvalue weighted by atomic mass is 35.5. The van der Waals surface area contributed by atoms with Gasteiger partial charge in [-0.05, 0) is 53.3 Å². The summed E-state index contributed by atoms with van der Waals surface area (Å²) in [6.07, 6.45) is 0.594. The Morgan fingerprint density at radius 1 is 1.03 bits per heavy atom. The number of carboxylic acids is 1. The van der Waals surface area contributed by atoms with Gasteiger partial charge in [-0.1, -0.05) is 54.1 Å². The van der Waals surface area contributed by atoms with Crippen LogP contribution >= 0.6 is 11.6 Å². The number of nitrogens with zero attached hydrogens (tertiary/aromatic N) is 1. The van der Waals surface area contributed by atoms with Crippen LogP contribution < -0.4 is 4.74 Å². The molecule has 0 saturated heterocycles. The number of carbonyl (C=O) groups is 2. The summed E-state index contributed by atoms with van der Waals surface area (Å²) in [5.41, 5.74) is 3.14. The van der Waals surface area contributed by atoms with Crippen molar-refractivity contribution in [2.24, 2.45) is 5.92 Å². The van der Waals surface area contributed by atoms with E-state index in [1.165, 1.54) is 6.07 Å². The van der Waals surface area contributed by atoms with E-state index in [1.807, 2.05) is 24.3 Å². The molecule has 0 aromatic heterocycles. The maximum Gasteiger partial charge on any atom is 0.341 e. The van der Waals surface area contributed by atoms with Crippen LogP contribution in [0.1, 0.15) is 40.6 Å². The third-order valence-electron chi connectivity index (χ3n) is 6.32. The van der Waals surface area contributed by atoms with E-state index in [0.717, 1.165) is 11.1 Å². The van der Waals surface area contributed by atoms with Crippen LogP contribution in [0.4, 0.5) is 4.39 Å². The van der Waals surface area contributed by atoms with Crippen molar-refractivity contribution in [1.82, 2.24) is 4.90 Å². The molecule has 7 heteroatoms. The Balaban J connectivity index is 1.50. The molecule has 3 aromatic rings. The zero-order chi connectivity index (χ0) is 23.1. The summed E-state index contributed by atoms with van der Waals surface area (Å²) < 4.78 is 19.8. The second-order valence-corrected chi connectivity index (χ2v) is 8.84. The summed E-state index contributed by atoms with van der Waals surface area (Å²) >= 11 is 6.29. The number of amides is 1. The lowest BCUT2D eigenvalue weighted by Crippen LogP contribution is -2.32. The summed E-state index contributed by atoms with van der Waals surface area (Å²) in [5, 5.41) is 9.54. The molecule has 1 saturated carbocycles. The minimum atomic E-state index is -1.10. The molecule has 3 atom stereocenters. The van der Waals surface area contributed by atoms with Gasteiger partial charge >= 0.3 is 5.97 Å². The maximum atomic E-state index is 14.3. The molecule has 5 nitrogen and oxygen atoms in total. The van der Waals surface area contributed by atoms with Crippen LogP contribution in [0, 0.1) is 11.7 Å². The highest BCUT2D eigenvalue weighted by molar-refractivity contribution is 6.30. The van der Waals surface area contributed by atoms with Crippen molar-refractivity contribution < 1.29 is 23.8 Å². The van der Waals surface area contributed by atoms with Crippen molar-refractivity contribution in [2.45, 2.75) is 24.9 Å². The van der Waals surface area contributed by atoms with Gasteiger partial charge in [0.25, 0.3) is 0 Å². The molecular weight excluding hydrogens is 445 g/mol. The Labute approximate surface area is 195 Å². The summed E-state index contributed by atoms with van der Waals surface area (Å²) in [7, 11) is 0. The monoisotopic (exact) mass is 465 g/mol. The quantitative estimate of drug-likeness (QED) is 0.545. The molecule has 3 aromatic carbocycles. The standard InChI is InChI=1S/C26H21ClFNO4/c27-16-9-10-23(33-14-24(30)31)21(11-16)25-17-6-2-1-5-15(17)13-29(25)26(32)20-12-19(20)18-7-3-4-8-22(18)28/h1-11,19-20,25H,12-14H2,(H,30,31)/t19-,20+,25+/m0/s1. The van der Waals surface area contributed by atoms with E-state index >= 15 is 0 Å². The predicted molar refractivity (Wildman–Crippen MR) is 121 cm³/mol. The molecule has 0 radical (unpaired) electrons. The number of carboxylic acid groups (broad SMARTS) is 1. The number of halogens is 2. The van der Waals surface area contributed by atoms with Crippen molar-refractivity contribution >= 4 is 23.5 Å². The maximum absolute atomic E-state index is 14.3. The molecule has 0 spiro atoms. The SMILES string of the molecule is O=C(O)COc1ccc(Cl)cc1[C@H]1c2ccccc2CN1C(=O)[C@@H]1C[C@H]1c1ccccc1F. The zero-order valence-electron chi connectivity index (χ0n) is 17.6. The number of rotatable bonds is 6. The zero-order valence-corrected chi connectivity index (χ0v) is 18.3. The van der Waals surface area contributed by atoms with Crippen LogP contribution in [-0.4, -0.2) is 28.5 Å². The van der Waals surface area contributed by atoms with Crippen molar-refractivity contribution in [3.63, 3.8) is 0 Å². The third kappa shape index (κ3) is 4.07. The molecule has 33 heavy (non-hydrogen) atoms. The number of carbonyl (C=O) groups excluding carboxylic acids is 1. The van der Waals surface area contributed by atoms with E-state index in [2.05, 4.69) is 0 Å². The average Bonchev–Trinajstić information content (AvgIpc) is 3.50. The Hall–Kier alpha value is -3.38. The molecule has 0 unspecified atom stereocenters. The summed E-state index contributed by atoms with van der Waals surface area (Å²) in [5.74, 6) is -1.54. The van der Waals surface area contributed by atoms with Crippen LogP contribution in [0.15, 0.2) is 66.7 Å². The van der Waals surface area contributed by atoms with Crippen molar-refractivity contribution in [2.75, 3.05) is 6.61 Å². The Kier molecular flexibility index (Phi) is 5.54. The fourth-order valence-electron chi connectivity index (χ4n) is 4.73. The number of hydrogen-bond donors (Lipinski definition) is 1. The molecule has 1 amide bonds. The van der Waals surface area contributed by atoms with Crippen LogP contribution in [0.3, 0.4) is 0 Å². The molecule has 1 aliphatic heterocycles. The minimum absolute atomic E-state index is 0.0615. The van der Waals surface area contributed by atoms with Gasteiger partial charge in [0.1, 0.15) is 11.6 Å². The molecule has 0 bridgehead atoms. The van der Waals surface area contributed by atoms with E-state index in [0.29, 0.717) is 34.9 Å². The third-order valence-corrected chi connectivity index (χ3v) is 6.55. The first-order valence-corrected chi connectivity index (χ1v) is 11.1. The lowest BCUT2D eigenvalue weighted by Gasteiger charge is -2.28. The molecule has 5 rings (SSSR count). The molecule has 2 aliphatic rings. The topological polar surface area (TPSA) is 66.8 Å². The first kappa shape index (κ1) is 21.5. The predicted octanol–water partition coefficient (Wildman–Crippen LogP) is 5.18. The molecule has 168 valence electrons. The van der Waals surface area contributed by atoms with Gasteiger partial charge in [-0.3, -0.25) is 4.79 Å². The van der Waals surface area contributed by atoms with Gasteiger partial charge in [0.15, 0.2) is 6.61 Å². The number of ether oxygens (including phenoxy) is 1. The second kappa shape index (κ2) is 8.52. The van der Waals surface area contributed by atoms with Gasteiger partial charge in [-0.2, -0.15) is 0 Å². The molecule has 1 N–H and O–H groups in total. The molecule has 1 fully saturated rings. The van der Waals surface area contributed by atoms with E-state index < -0.39 is 18.6 Å². The van der Waals surface area contributed by atoms with E-state index in [4.69, 9.17) is 21.4 Å². The minimum Gasteiger partial charge on any atom is -0.482 e.